The first-order valence-electron chi connectivity index (χ1n) is 8.45. The monoisotopic (exact) mass is 378 g/mol. The van der Waals surface area contributed by atoms with Crippen molar-refractivity contribution in [1.29, 1.82) is 0 Å². The average Bonchev–Trinajstić information content (AvgIpc) is 2.89. The number of imide groups is 1. The van der Waals surface area contributed by atoms with Crippen molar-refractivity contribution in [2.45, 2.75) is 31.4 Å². The summed E-state index contributed by atoms with van der Waals surface area (Å²) in [5.74, 6) is -4.02. The summed E-state index contributed by atoms with van der Waals surface area (Å²) >= 11 is 0. The summed E-state index contributed by atoms with van der Waals surface area (Å²) in [6.45, 7) is -1.07. The third-order valence-electron chi connectivity index (χ3n) is 4.91. The fourth-order valence-electron chi connectivity index (χ4n) is 3.51. The summed E-state index contributed by atoms with van der Waals surface area (Å²) in [4.78, 5) is 50.2. The number of alkyl halides is 2. The highest BCUT2D eigenvalue weighted by atomic mass is 19.3. The Morgan fingerprint density at radius 3 is 2.63 bits per heavy atom. The molecule has 1 aromatic rings. The van der Waals surface area contributed by atoms with E-state index in [4.69, 9.17) is 0 Å². The van der Waals surface area contributed by atoms with Crippen LogP contribution in [0.1, 0.15) is 28.8 Å². The van der Waals surface area contributed by atoms with Crippen molar-refractivity contribution in [1.82, 2.24) is 15.1 Å². The summed E-state index contributed by atoms with van der Waals surface area (Å²) in [6.07, 6.45) is 0.426. The van der Waals surface area contributed by atoms with E-state index >= 15 is 0 Å². The lowest BCUT2D eigenvalue weighted by Crippen LogP contribution is -2.59. The molecule has 142 valence electrons. The Kier molecular flexibility index (Phi) is 3.86. The maximum atomic E-state index is 12.9. The van der Waals surface area contributed by atoms with Gasteiger partial charge >= 0.3 is 6.03 Å². The second-order valence-electron chi connectivity index (χ2n) is 6.91. The number of amides is 5. The van der Waals surface area contributed by atoms with Crippen LogP contribution in [-0.4, -0.2) is 58.6 Å². The van der Waals surface area contributed by atoms with Crippen LogP contribution < -0.4 is 10.6 Å². The number of fused-ring (bicyclic) bond motifs is 1. The number of likely N-dealkylation sites (tertiary alicyclic amines) is 1. The highest BCUT2D eigenvalue weighted by Crippen LogP contribution is 2.30. The van der Waals surface area contributed by atoms with Gasteiger partial charge in [-0.3, -0.25) is 19.7 Å². The van der Waals surface area contributed by atoms with Gasteiger partial charge in [-0.25, -0.2) is 13.6 Å². The molecule has 27 heavy (non-hydrogen) atoms. The van der Waals surface area contributed by atoms with E-state index in [0.717, 1.165) is 4.90 Å². The van der Waals surface area contributed by atoms with Gasteiger partial charge in [-0.05, 0) is 30.2 Å². The van der Waals surface area contributed by atoms with Crippen molar-refractivity contribution in [2.24, 2.45) is 0 Å². The van der Waals surface area contributed by atoms with Gasteiger partial charge in [-0.1, -0.05) is 0 Å². The predicted molar refractivity (Wildman–Crippen MR) is 88.0 cm³/mol. The molecule has 2 fully saturated rings. The number of halogens is 2. The Morgan fingerprint density at radius 1 is 1.22 bits per heavy atom. The number of carbonyl (C=O) groups excluding carboxylic acids is 4. The van der Waals surface area contributed by atoms with Crippen LogP contribution in [0, 0.1) is 0 Å². The van der Waals surface area contributed by atoms with Gasteiger partial charge < -0.3 is 15.1 Å². The maximum Gasteiger partial charge on any atom is 0.322 e. The van der Waals surface area contributed by atoms with Crippen molar-refractivity contribution >= 4 is 29.4 Å². The summed E-state index contributed by atoms with van der Waals surface area (Å²) in [6, 6.07) is 3.29. The molecule has 0 bridgehead atoms. The van der Waals surface area contributed by atoms with Crippen LogP contribution in [0.4, 0.5) is 19.3 Å². The minimum absolute atomic E-state index is 0.165. The van der Waals surface area contributed by atoms with Crippen LogP contribution in [0.2, 0.25) is 0 Å². The quantitative estimate of drug-likeness (QED) is 0.748. The topological polar surface area (TPSA) is 98.8 Å². The average molecular weight is 378 g/mol. The van der Waals surface area contributed by atoms with E-state index < -0.39 is 37.0 Å². The molecule has 1 aromatic carbocycles. The standard InChI is InChI=1S/C17H16F2N4O4/c18-17(19)7-22(8-17)16(27)20-10-1-2-11-9(5-10)6-23(15(11)26)12-3-4-13(24)21-14(12)25/h1-2,5,12H,3-4,6-8H2,(H,20,27)(H,21,24,25). The largest absolute Gasteiger partial charge is 0.322 e. The number of carbonyl (C=O) groups is 4. The summed E-state index contributed by atoms with van der Waals surface area (Å²) < 4.78 is 25.7. The number of hydrogen-bond acceptors (Lipinski definition) is 4. The molecule has 3 aliphatic heterocycles. The summed E-state index contributed by atoms with van der Waals surface area (Å²) in [7, 11) is 0. The Morgan fingerprint density at radius 2 is 1.96 bits per heavy atom. The van der Waals surface area contributed by atoms with E-state index in [9.17, 15) is 28.0 Å². The fraction of sp³-hybridized carbons (Fsp3) is 0.412. The highest BCUT2D eigenvalue weighted by molar-refractivity contribution is 6.05. The molecule has 0 saturated carbocycles. The first-order chi connectivity index (χ1) is 12.7. The number of nitrogens with zero attached hydrogens (tertiary/aromatic N) is 2. The van der Waals surface area contributed by atoms with Crippen LogP contribution in [0.25, 0.3) is 0 Å². The van der Waals surface area contributed by atoms with Crippen LogP contribution >= 0.6 is 0 Å². The second kappa shape index (κ2) is 6.00. The first kappa shape index (κ1) is 17.4. The lowest BCUT2D eigenvalue weighted by Gasteiger charge is -2.38. The molecule has 4 rings (SSSR count). The minimum atomic E-state index is -2.84. The molecule has 8 nitrogen and oxygen atoms in total. The molecule has 2 saturated heterocycles. The van der Waals surface area contributed by atoms with Gasteiger partial charge in [0.15, 0.2) is 0 Å². The summed E-state index contributed by atoms with van der Waals surface area (Å²) in [5.41, 5.74) is 1.41. The van der Waals surface area contributed by atoms with Crippen molar-refractivity contribution in [2.75, 3.05) is 18.4 Å². The molecule has 0 radical (unpaired) electrons. The Labute approximate surface area is 152 Å². The smallest absolute Gasteiger partial charge is 0.322 e. The Balaban J connectivity index is 1.45. The van der Waals surface area contributed by atoms with Gasteiger partial charge in [0.25, 0.3) is 11.8 Å². The first-order valence-corrected chi connectivity index (χ1v) is 8.45. The van der Waals surface area contributed by atoms with E-state index in [2.05, 4.69) is 10.6 Å². The third kappa shape index (κ3) is 3.11. The minimum Gasteiger partial charge on any atom is -0.322 e. The number of rotatable bonds is 2. The molecule has 0 spiro atoms. The van der Waals surface area contributed by atoms with Crippen molar-refractivity contribution in [3.8, 4) is 0 Å². The van der Waals surface area contributed by atoms with Crippen LogP contribution in [0.15, 0.2) is 18.2 Å². The molecule has 10 heteroatoms. The van der Waals surface area contributed by atoms with Gasteiger partial charge in [0, 0.05) is 24.2 Å². The molecular formula is C17H16F2N4O4. The van der Waals surface area contributed by atoms with E-state index in [-0.39, 0.29) is 31.2 Å². The lowest BCUT2D eigenvalue weighted by molar-refractivity contribution is -0.136. The van der Waals surface area contributed by atoms with Crippen LogP contribution in [0.5, 0.6) is 0 Å². The third-order valence-corrected chi connectivity index (χ3v) is 4.91. The van der Waals surface area contributed by atoms with E-state index in [0.29, 0.717) is 16.8 Å². The molecule has 1 unspecified atom stereocenters. The normalized spacial score (nSPS) is 23.6. The van der Waals surface area contributed by atoms with E-state index in [1.807, 2.05) is 0 Å². The SMILES string of the molecule is O=C1CCC(N2Cc3cc(NC(=O)N4CC(F)(F)C4)ccc3C2=O)C(=O)N1. The van der Waals surface area contributed by atoms with E-state index in [1.54, 1.807) is 6.07 Å². The zero-order valence-corrected chi connectivity index (χ0v) is 14.1. The number of urea groups is 1. The van der Waals surface area contributed by atoms with Gasteiger partial charge in [-0.15, -0.1) is 0 Å². The van der Waals surface area contributed by atoms with Gasteiger partial charge in [0.1, 0.15) is 6.04 Å². The van der Waals surface area contributed by atoms with Gasteiger partial charge in [0.05, 0.1) is 13.1 Å². The molecular weight excluding hydrogens is 362 g/mol. The molecule has 1 atom stereocenters. The number of benzene rings is 1. The Bertz CT molecular complexity index is 864. The van der Waals surface area contributed by atoms with Crippen molar-refractivity contribution < 1.29 is 28.0 Å². The zero-order chi connectivity index (χ0) is 19.3. The lowest BCUT2D eigenvalue weighted by atomic mass is 10.0. The zero-order valence-electron chi connectivity index (χ0n) is 14.1. The summed E-state index contributed by atoms with van der Waals surface area (Å²) in [5, 5.41) is 4.76. The fourth-order valence-corrected chi connectivity index (χ4v) is 3.51. The van der Waals surface area contributed by atoms with Crippen LogP contribution in [-0.2, 0) is 16.1 Å². The molecule has 2 N–H and O–H groups in total. The number of anilines is 1. The number of nitrogens with one attached hydrogen (secondary N) is 2. The van der Waals surface area contributed by atoms with Crippen molar-refractivity contribution in [3.63, 3.8) is 0 Å². The molecule has 0 aromatic heterocycles. The van der Waals surface area contributed by atoms with E-state index in [1.165, 1.54) is 17.0 Å². The maximum absolute atomic E-state index is 12.9. The Hall–Kier alpha value is -3.04. The predicted octanol–water partition coefficient (Wildman–Crippen LogP) is 0.930. The highest BCUT2D eigenvalue weighted by Gasteiger charge is 2.46. The molecule has 3 heterocycles. The molecule has 3 aliphatic rings. The van der Waals surface area contributed by atoms with Crippen LogP contribution in [0.3, 0.4) is 0 Å². The number of hydrogen-bond donors (Lipinski definition) is 2. The molecule has 5 amide bonds. The molecule has 0 aliphatic carbocycles. The second-order valence-corrected chi connectivity index (χ2v) is 6.91. The van der Waals surface area contributed by atoms with Gasteiger partial charge in [-0.2, -0.15) is 0 Å². The van der Waals surface area contributed by atoms with Crippen molar-refractivity contribution in [3.05, 3.63) is 29.3 Å². The van der Waals surface area contributed by atoms with Gasteiger partial charge in [0.2, 0.25) is 11.8 Å². The number of piperidine rings is 1.